The van der Waals surface area contributed by atoms with E-state index in [1.165, 1.54) is 45.4 Å². The Hall–Kier alpha value is -2.32. The molecule has 0 aliphatic carbocycles. The lowest BCUT2D eigenvalue weighted by Gasteiger charge is -2.37. The van der Waals surface area contributed by atoms with Crippen molar-refractivity contribution < 1.29 is 39.8 Å². The molecule has 3 rings (SSSR count). The zero-order valence-corrected chi connectivity index (χ0v) is 18.3. The number of aryl methyl sites for hydroxylation is 1. The monoisotopic (exact) mass is 459 g/mol. The van der Waals surface area contributed by atoms with Crippen molar-refractivity contribution in [2.75, 3.05) is 7.11 Å². The molecule has 0 bridgehead atoms. The molecule has 1 atom stereocenters. The van der Waals surface area contributed by atoms with Crippen LogP contribution in [0.1, 0.15) is 49.2 Å². The number of nitrogens with one attached hydrogen (secondary N) is 1. The van der Waals surface area contributed by atoms with Gasteiger partial charge in [-0.2, -0.15) is 13.2 Å². The highest BCUT2D eigenvalue weighted by Gasteiger charge is 2.57. The summed E-state index contributed by atoms with van der Waals surface area (Å²) in [5.41, 5.74) is -1.67. The van der Waals surface area contributed by atoms with Crippen molar-refractivity contribution in [2.24, 2.45) is 0 Å². The maximum absolute atomic E-state index is 14.0. The number of rotatable bonds is 6. The zero-order chi connectivity index (χ0) is 22.3. The van der Waals surface area contributed by atoms with Gasteiger partial charge in [0, 0.05) is 22.9 Å². The third-order valence-electron chi connectivity index (χ3n) is 5.32. The van der Waals surface area contributed by atoms with Crippen LogP contribution in [0, 0.1) is 12.7 Å². The van der Waals surface area contributed by atoms with Crippen molar-refractivity contribution >= 4 is 12.3 Å². The lowest BCUT2D eigenvalue weighted by atomic mass is 9.73. The van der Waals surface area contributed by atoms with E-state index in [0.717, 1.165) is 11.8 Å². The summed E-state index contributed by atoms with van der Waals surface area (Å²) < 4.78 is 61.1. The average molecular weight is 460 g/mol. The van der Waals surface area contributed by atoms with Crippen LogP contribution in [-0.4, -0.2) is 35.2 Å². The third-order valence-corrected chi connectivity index (χ3v) is 5.32. The van der Waals surface area contributed by atoms with Crippen molar-refractivity contribution in [3.8, 4) is 5.75 Å². The van der Waals surface area contributed by atoms with E-state index in [0.29, 0.717) is 11.3 Å². The first kappa shape index (κ1) is 24.9. The van der Waals surface area contributed by atoms with E-state index >= 15 is 0 Å². The van der Waals surface area contributed by atoms with Gasteiger partial charge in [-0.1, -0.05) is 13.8 Å². The molecule has 1 unspecified atom stereocenters. The molecule has 0 spiro atoms. The van der Waals surface area contributed by atoms with Crippen LogP contribution in [0.15, 0.2) is 30.0 Å². The number of aliphatic hydroxyl groups is 1. The number of benzene rings is 1. The lowest BCUT2D eigenvalue weighted by Crippen LogP contribution is -3.00. The average Bonchev–Trinajstić information content (AvgIpc) is 2.99. The fourth-order valence-corrected chi connectivity index (χ4v) is 3.92. The molecule has 1 radical (unpaired) electrons. The molecule has 4 nitrogen and oxygen atoms in total. The van der Waals surface area contributed by atoms with Crippen molar-refractivity contribution in [1.82, 2.24) is 9.98 Å². The Kier molecular flexibility index (Phi) is 6.97. The van der Waals surface area contributed by atoms with Crippen LogP contribution in [-0.2, 0) is 5.41 Å². The normalized spacial score (nSPS) is 15.6. The maximum Gasteiger partial charge on any atom is 0.417 e. The van der Waals surface area contributed by atoms with E-state index in [2.05, 4.69) is 9.98 Å². The summed E-state index contributed by atoms with van der Waals surface area (Å²) in [4.78, 5) is 7.15. The van der Waals surface area contributed by atoms with Gasteiger partial charge in [0.1, 0.15) is 17.3 Å². The number of nitrogens with zero attached hydrogens (tertiary/aromatic N) is 1. The second kappa shape index (κ2) is 8.67. The first-order valence-electron chi connectivity index (χ1n) is 9.42. The zero-order valence-electron chi connectivity index (χ0n) is 17.6. The Balaban J connectivity index is 0.00000341. The van der Waals surface area contributed by atoms with Crippen LogP contribution < -0.4 is 22.1 Å². The van der Waals surface area contributed by atoms with Crippen LogP contribution >= 0.6 is 0 Å². The Labute approximate surface area is 184 Å². The predicted molar refractivity (Wildman–Crippen MR) is 107 cm³/mol. The number of H-pyrrole nitrogens is 1. The van der Waals surface area contributed by atoms with Gasteiger partial charge in [0.2, 0.25) is 0 Å². The van der Waals surface area contributed by atoms with Crippen LogP contribution in [0.5, 0.6) is 5.75 Å². The van der Waals surface area contributed by atoms with Gasteiger partial charge in [0.25, 0.3) is 11.9 Å². The van der Waals surface area contributed by atoms with Gasteiger partial charge >= 0.3 is 6.18 Å². The summed E-state index contributed by atoms with van der Waals surface area (Å²) in [5, 5.41) is 10.8. The molecule has 9 heteroatoms. The number of fused-ring (bicyclic) bond motifs is 1. The van der Waals surface area contributed by atoms with Gasteiger partial charge in [-0.25, -0.2) is 4.39 Å². The number of aromatic nitrogens is 1. The summed E-state index contributed by atoms with van der Waals surface area (Å²) >= 11 is 0. The molecule has 1 aromatic carbocycles. The fourth-order valence-electron chi connectivity index (χ4n) is 3.92. The molecule has 0 saturated carbocycles. The highest BCUT2D eigenvalue weighted by Crippen LogP contribution is 2.46. The number of methoxy groups -OCH3 is 1. The van der Waals surface area contributed by atoms with Gasteiger partial charge in [0.05, 0.1) is 18.5 Å². The number of hydrogen-bond donors (Lipinski definition) is 2. The molecule has 1 aliphatic heterocycles. The number of ether oxygens (including phenoxy) is 1. The molecule has 2 heterocycles. The van der Waals surface area contributed by atoms with Crippen LogP contribution in [0.3, 0.4) is 0 Å². The molecule has 0 saturated heterocycles. The van der Waals surface area contributed by atoms with Crippen molar-refractivity contribution in [2.45, 2.75) is 50.8 Å². The maximum atomic E-state index is 14.0. The Bertz CT molecular complexity index is 1010. The third kappa shape index (κ3) is 5.13. The minimum atomic E-state index is -4.92. The van der Waals surface area contributed by atoms with E-state index in [1.807, 2.05) is 6.92 Å². The standard InChI is InChI=1S/C22H24F4N2O2.ClH/c1-13-7-14-8-16(27-11-18(14)28-13)10-21(29,22(24,25)26)12-20(2,3)17-9-15(23)5-6-19(17)30-4;/h5-9,11,28-29H,10,12H2,1-4H3;1H/q+1;/p-1. The molecule has 169 valence electrons. The Morgan fingerprint density at radius 1 is 1.16 bits per heavy atom. The SMILES string of the molecule is COc1ccc(F)cc1C(C)(C)CC(O)(CC1=Cc2cc(C)[nH]c2C=[N+]1)C(F)(F)F.[Cl-]. The molecule has 0 amide bonds. The molecule has 0 fully saturated rings. The predicted octanol–water partition coefficient (Wildman–Crippen LogP) is 1.64. The topological polar surface area (TPSA) is 59.4 Å². The molecule has 31 heavy (non-hydrogen) atoms. The van der Waals surface area contributed by atoms with Gasteiger partial charge in [-0.15, -0.1) is 0 Å². The minimum Gasteiger partial charge on any atom is -1.00 e. The first-order valence-corrected chi connectivity index (χ1v) is 9.42. The van der Waals surface area contributed by atoms with Crippen molar-refractivity contribution in [3.63, 3.8) is 0 Å². The van der Waals surface area contributed by atoms with Gasteiger partial charge in [-0.05, 0) is 43.0 Å². The second-order valence-electron chi connectivity index (χ2n) is 8.33. The number of aromatic amines is 1. The minimum absolute atomic E-state index is 0. The van der Waals surface area contributed by atoms with E-state index < -0.39 is 35.9 Å². The van der Waals surface area contributed by atoms with E-state index in [9.17, 15) is 22.7 Å². The highest BCUT2D eigenvalue weighted by molar-refractivity contribution is 5.86. The quantitative estimate of drug-likeness (QED) is 0.645. The van der Waals surface area contributed by atoms with E-state index in [1.54, 1.807) is 6.07 Å². The highest BCUT2D eigenvalue weighted by atomic mass is 35.5. The molecular weight excluding hydrogens is 436 g/mol. The number of alkyl halides is 3. The largest absolute Gasteiger partial charge is 1.00 e. The summed E-state index contributed by atoms with van der Waals surface area (Å²) in [6.45, 7) is 4.88. The van der Waals surface area contributed by atoms with Crippen LogP contribution in [0.4, 0.5) is 17.6 Å². The van der Waals surface area contributed by atoms with E-state index in [4.69, 9.17) is 4.74 Å². The first-order chi connectivity index (χ1) is 13.8. The summed E-state index contributed by atoms with van der Waals surface area (Å²) in [5.74, 6) is -0.336. The number of aliphatic imine (C=N–C) groups is 1. The summed E-state index contributed by atoms with van der Waals surface area (Å²) in [6, 6.07) is 5.48. The van der Waals surface area contributed by atoms with Gasteiger partial charge in [0.15, 0.2) is 5.60 Å². The van der Waals surface area contributed by atoms with Crippen LogP contribution in [0.25, 0.3) is 6.08 Å². The molecule has 2 N–H and O–H groups in total. The van der Waals surface area contributed by atoms with Gasteiger partial charge < -0.3 is 27.2 Å². The second-order valence-corrected chi connectivity index (χ2v) is 8.33. The van der Waals surface area contributed by atoms with Crippen molar-refractivity contribution in [1.29, 1.82) is 0 Å². The Morgan fingerprint density at radius 2 is 1.84 bits per heavy atom. The van der Waals surface area contributed by atoms with Crippen molar-refractivity contribution in [3.05, 3.63) is 58.3 Å². The molecule has 1 aromatic heterocycles. The van der Waals surface area contributed by atoms with Gasteiger partial charge in [-0.3, -0.25) is 0 Å². The van der Waals surface area contributed by atoms with E-state index in [-0.39, 0.29) is 29.4 Å². The molecular formula is C22H24ClF4N2O2. The lowest BCUT2D eigenvalue weighted by molar-refractivity contribution is -0.266. The molecule has 1 aliphatic rings. The summed E-state index contributed by atoms with van der Waals surface area (Å²) in [6.07, 6.45) is -3.36. The Morgan fingerprint density at radius 3 is 2.45 bits per heavy atom. The number of halogens is 5. The smallest absolute Gasteiger partial charge is 0.417 e. The summed E-state index contributed by atoms with van der Waals surface area (Å²) in [7, 11) is 1.36. The number of hydrogen-bond acceptors (Lipinski definition) is 3. The fraction of sp³-hybridized carbons (Fsp3) is 0.409. The van der Waals surface area contributed by atoms with Crippen LogP contribution in [0.2, 0.25) is 0 Å². The molecule has 2 aromatic rings.